The number of carbonyl (C=O) groups excluding carboxylic acids is 1. The zero-order chi connectivity index (χ0) is 12.8. The maximum atomic E-state index is 11.2. The predicted octanol–water partition coefficient (Wildman–Crippen LogP) is -1.30. The first-order valence-electron chi connectivity index (χ1n) is 4.15. The van der Waals surface area contributed by atoms with Crippen molar-refractivity contribution < 1.29 is 23.2 Å². The van der Waals surface area contributed by atoms with Gasteiger partial charge in [0.05, 0.1) is 7.11 Å². The highest BCUT2D eigenvalue weighted by Crippen LogP contribution is 1.93. The first-order valence-corrected chi connectivity index (χ1v) is 5.63. The van der Waals surface area contributed by atoms with Gasteiger partial charge in [-0.3, -0.25) is 0 Å². The fourth-order valence-corrected chi connectivity index (χ4v) is 1.82. The fourth-order valence-electron chi connectivity index (χ4n) is 0.842. The topological polar surface area (TPSA) is 143 Å². The summed E-state index contributed by atoms with van der Waals surface area (Å²) in [5.74, 6) is -0.131. The smallest absolute Gasteiger partial charge is 0.421 e. The summed E-state index contributed by atoms with van der Waals surface area (Å²) in [6.07, 6.45) is -1.11. The first-order chi connectivity index (χ1) is 7.30. The Balaban J connectivity index is 4.32. The van der Waals surface area contributed by atoms with E-state index in [0.29, 0.717) is 0 Å². The second kappa shape index (κ2) is 6.12. The molecule has 1 amide bonds. The van der Waals surface area contributed by atoms with Crippen molar-refractivity contribution in [3.8, 4) is 0 Å². The number of nitrogens with two attached hydrogens (primary N) is 1. The van der Waals surface area contributed by atoms with E-state index in [-0.39, 0.29) is 12.3 Å². The molecule has 16 heavy (non-hydrogen) atoms. The Morgan fingerprint density at radius 1 is 1.62 bits per heavy atom. The van der Waals surface area contributed by atoms with Crippen LogP contribution in [0.5, 0.6) is 0 Å². The Morgan fingerprint density at radius 3 is 2.62 bits per heavy atom. The van der Waals surface area contributed by atoms with Crippen LogP contribution in [-0.2, 0) is 14.9 Å². The molecular formula is C6H14N4O5S. The minimum Gasteiger partial charge on any atom is -0.452 e. The molecule has 1 unspecified atom stereocenters. The van der Waals surface area contributed by atoms with Gasteiger partial charge in [-0.25, -0.2) is 9.52 Å². The van der Waals surface area contributed by atoms with Crippen LogP contribution in [0.4, 0.5) is 4.79 Å². The second-order valence-corrected chi connectivity index (χ2v) is 4.36. The van der Waals surface area contributed by atoms with E-state index in [2.05, 4.69) is 14.6 Å². The van der Waals surface area contributed by atoms with Gasteiger partial charge >= 0.3 is 16.3 Å². The zero-order valence-electron chi connectivity index (χ0n) is 8.80. The predicted molar refractivity (Wildman–Crippen MR) is 55.1 cm³/mol. The quantitative estimate of drug-likeness (QED) is 0.208. The Labute approximate surface area is 92.8 Å². The normalized spacial score (nSPS) is 14.2. The Kier molecular flexibility index (Phi) is 5.53. The summed E-state index contributed by atoms with van der Waals surface area (Å²) in [6, 6.07) is -0.641. The van der Waals surface area contributed by atoms with Gasteiger partial charge in [-0.2, -0.15) is 13.1 Å². The monoisotopic (exact) mass is 254 g/mol. The van der Waals surface area contributed by atoms with E-state index in [1.54, 1.807) is 4.72 Å². The van der Waals surface area contributed by atoms with Gasteiger partial charge in [-0.05, 0) is 6.92 Å². The maximum Gasteiger partial charge on any atom is 0.421 e. The number of rotatable bonds is 5. The number of oxime groups is 1. The molecule has 0 aliphatic heterocycles. The molecule has 0 radical (unpaired) electrons. The minimum absolute atomic E-state index is 0.00141. The van der Waals surface area contributed by atoms with Crippen molar-refractivity contribution >= 4 is 22.1 Å². The third-order valence-corrected chi connectivity index (χ3v) is 2.55. The van der Waals surface area contributed by atoms with Crippen molar-refractivity contribution in [3.05, 3.63) is 0 Å². The lowest BCUT2D eigenvalue weighted by Gasteiger charge is -2.13. The van der Waals surface area contributed by atoms with Gasteiger partial charge < -0.3 is 15.7 Å². The summed E-state index contributed by atoms with van der Waals surface area (Å²) in [7, 11) is -2.98. The van der Waals surface area contributed by atoms with E-state index in [0.717, 1.165) is 7.11 Å². The molecule has 0 spiro atoms. The van der Waals surface area contributed by atoms with Gasteiger partial charge in [0.25, 0.3) is 0 Å². The molecule has 0 aromatic carbocycles. The lowest BCUT2D eigenvalue weighted by Crippen LogP contribution is -2.45. The number of carbonyl (C=O) groups is 1. The highest BCUT2D eigenvalue weighted by atomic mass is 32.2. The number of hydrogen-bond acceptors (Lipinski definition) is 6. The molecule has 0 saturated heterocycles. The summed E-state index contributed by atoms with van der Waals surface area (Å²) in [5, 5.41) is 10.9. The number of ether oxygens (including phenoxy) is 1. The largest absolute Gasteiger partial charge is 0.452 e. The van der Waals surface area contributed by atoms with Crippen LogP contribution in [0, 0.1) is 0 Å². The SMILES string of the molecule is COC(=O)NS(=O)(=O)NC(C)CC(N)=NO. The van der Waals surface area contributed by atoms with Crippen LogP contribution in [-0.4, -0.2) is 38.7 Å². The molecular weight excluding hydrogens is 240 g/mol. The Bertz CT molecular complexity index is 365. The van der Waals surface area contributed by atoms with Gasteiger partial charge in [0.2, 0.25) is 0 Å². The van der Waals surface area contributed by atoms with Crippen LogP contribution in [0.25, 0.3) is 0 Å². The molecule has 10 heteroatoms. The van der Waals surface area contributed by atoms with Crippen LogP contribution in [0.15, 0.2) is 5.16 Å². The Morgan fingerprint density at radius 2 is 2.19 bits per heavy atom. The second-order valence-electron chi connectivity index (χ2n) is 2.91. The lowest BCUT2D eigenvalue weighted by molar-refractivity contribution is 0.177. The van der Waals surface area contributed by atoms with Crippen molar-refractivity contribution in [1.82, 2.24) is 9.44 Å². The molecule has 0 heterocycles. The van der Waals surface area contributed by atoms with Crippen LogP contribution in [0.2, 0.25) is 0 Å². The van der Waals surface area contributed by atoms with Gasteiger partial charge in [-0.15, -0.1) is 0 Å². The number of methoxy groups -OCH3 is 1. The van der Waals surface area contributed by atoms with Gasteiger partial charge in [0.1, 0.15) is 5.84 Å². The summed E-state index contributed by atoms with van der Waals surface area (Å²) in [5.41, 5.74) is 5.17. The number of nitrogens with one attached hydrogen (secondary N) is 2. The van der Waals surface area contributed by atoms with Gasteiger partial charge in [0, 0.05) is 12.5 Å². The summed E-state index contributed by atoms with van der Waals surface area (Å²) < 4.78 is 30.2. The summed E-state index contributed by atoms with van der Waals surface area (Å²) in [6.45, 7) is 1.48. The molecule has 0 rings (SSSR count). The minimum atomic E-state index is -4.01. The number of amides is 1. The summed E-state index contributed by atoms with van der Waals surface area (Å²) in [4.78, 5) is 10.6. The average molecular weight is 254 g/mol. The lowest BCUT2D eigenvalue weighted by atomic mass is 10.2. The molecule has 94 valence electrons. The van der Waals surface area contributed by atoms with Crippen molar-refractivity contribution in [2.24, 2.45) is 10.9 Å². The third kappa shape index (κ3) is 6.03. The van der Waals surface area contributed by atoms with Gasteiger partial charge in [0.15, 0.2) is 0 Å². The molecule has 0 fully saturated rings. The zero-order valence-corrected chi connectivity index (χ0v) is 9.61. The molecule has 0 bridgehead atoms. The number of nitrogens with zero attached hydrogens (tertiary/aromatic N) is 1. The molecule has 0 aliphatic rings. The van der Waals surface area contributed by atoms with E-state index < -0.39 is 22.3 Å². The molecule has 1 atom stereocenters. The van der Waals surface area contributed by atoms with Crippen molar-refractivity contribution in [3.63, 3.8) is 0 Å². The van der Waals surface area contributed by atoms with E-state index in [9.17, 15) is 13.2 Å². The highest BCUT2D eigenvalue weighted by molar-refractivity contribution is 7.88. The molecule has 0 aromatic rings. The van der Waals surface area contributed by atoms with Crippen LogP contribution < -0.4 is 15.2 Å². The van der Waals surface area contributed by atoms with Crippen molar-refractivity contribution in [1.29, 1.82) is 0 Å². The molecule has 0 saturated carbocycles. The van der Waals surface area contributed by atoms with E-state index >= 15 is 0 Å². The highest BCUT2D eigenvalue weighted by Gasteiger charge is 2.18. The van der Waals surface area contributed by atoms with E-state index in [1.807, 2.05) is 0 Å². The van der Waals surface area contributed by atoms with Crippen molar-refractivity contribution in [2.45, 2.75) is 19.4 Å². The summed E-state index contributed by atoms with van der Waals surface area (Å²) >= 11 is 0. The maximum absolute atomic E-state index is 11.2. The first kappa shape index (κ1) is 14.5. The van der Waals surface area contributed by atoms with Crippen LogP contribution >= 0.6 is 0 Å². The molecule has 0 aromatic heterocycles. The van der Waals surface area contributed by atoms with E-state index in [1.165, 1.54) is 6.92 Å². The van der Waals surface area contributed by atoms with Crippen molar-refractivity contribution in [2.75, 3.05) is 7.11 Å². The van der Waals surface area contributed by atoms with Gasteiger partial charge in [-0.1, -0.05) is 5.16 Å². The molecule has 5 N–H and O–H groups in total. The third-order valence-electron chi connectivity index (χ3n) is 1.40. The number of amidine groups is 1. The van der Waals surface area contributed by atoms with Crippen LogP contribution in [0.3, 0.4) is 0 Å². The fraction of sp³-hybridized carbons (Fsp3) is 0.667. The number of hydrogen-bond donors (Lipinski definition) is 4. The Hall–Kier alpha value is -1.55. The van der Waals surface area contributed by atoms with Crippen LogP contribution in [0.1, 0.15) is 13.3 Å². The standard InChI is InChI=1S/C6H14N4O5S/c1-4(3-5(7)8-12)9-16(13,14)10-6(11)15-2/h4,9,12H,3H2,1-2H3,(H2,7,8)(H,10,11). The molecule has 9 nitrogen and oxygen atoms in total. The molecule has 0 aliphatic carbocycles. The average Bonchev–Trinajstić information content (AvgIpc) is 2.15. The van der Waals surface area contributed by atoms with E-state index in [4.69, 9.17) is 10.9 Å².